The fourth-order valence-electron chi connectivity index (χ4n) is 1.69. The molecule has 3 heteroatoms. The second-order valence-corrected chi connectivity index (χ2v) is 3.41. The average Bonchev–Trinajstić information content (AvgIpc) is 2.59. The molecule has 3 rings (SSSR count). The second kappa shape index (κ2) is 3.88. The fourth-order valence-corrected chi connectivity index (χ4v) is 1.69. The maximum atomic E-state index is 9.71. The topological polar surface area (TPSA) is 40.5 Å². The van der Waals surface area contributed by atoms with Crippen molar-refractivity contribution in [1.82, 2.24) is 0 Å². The molecule has 0 aliphatic heterocycles. The molecule has 0 saturated heterocycles. The number of fused-ring (bicyclic) bond motifs is 3. The SMILES string of the molecule is [2H]c1c([2H])c([2H])c2c(c1[2H])c([2H])c(B(O)O)c1c([2H])c([2H])c([2H])c([2H])c12. The molecule has 0 radical (unpaired) electrons. The van der Waals surface area contributed by atoms with Gasteiger partial charge in [-0.15, -0.1) is 0 Å². The van der Waals surface area contributed by atoms with Crippen LogP contribution in [0.2, 0.25) is 0 Å². The molecule has 3 aromatic carbocycles. The lowest BCUT2D eigenvalue weighted by atomic mass is 9.76. The average molecular weight is 231 g/mol. The summed E-state index contributed by atoms with van der Waals surface area (Å²) in [5.74, 6) is 0. The molecular weight excluding hydrogens is 211 g/mol. The Kier molecular flexibility index (Phi) is 1.01. The highest BCUT2D eigenvalue weighted by Crippen LogP contribution is 2.23. The van der Waals surface area contributed by atoms with E-state index in [0.717, 1.165) is 0 Å². The molecule has 0 spiro atoms. The van der Waals surface area contributed by atoms with E-state index in [-0.39, 0.29) is 21.5 Å². The number of hydrogen-bond acceptors (Lipinski definition) is 2. The van der Waals surface area contributed by atoms with Crippen molar-refractivity contribution < 1.29 is 22.4 Å². The van der Waals surface area contributed by atoms with Crippen LogP contribution in [0.3, 0.4) is 0 Å². The van der Waals surface area contributed by atoms with Gasteiger partial charge in [0.15, 0.2) is 0 Å². The third-order valence-electron chi connectivity index (χ3n) is 2.41. The van der Waals surface area contributed by atoms with Crippen LogP contribution < -0.4 is 5.46 Å². The van der Waals surface area contributed by atoms with Gasteiger partial charge in [0.05, 0.1) is 12.3 Å². The first-order valence-electron chi connectivity index (χ1n) is 9.31. The van der Waals surface area contributed by atoms with Gasteiger partial charge in [0.25, 0.3) is 0 Å². The van der Waals surface area contributed by atoms with Gasteiger partial charge in [-0.3, -0.25) is 0 Å². The number of benzene rings is 3. The Morgan fingerprint density at radius 3 is 2.12 bits per heavy atom. The highest BCUT2D eigenvalue weighted by molar-refractivity contribution is 6.62. The molecule has 0 heterocycles. The molecule has 3 aromatic rings. The smallest absolute Gasteiger partial charge is 0.423 e. The van der Waals surface area contributed by atoms with Crippen molar-refractivity contribution in [3.63, 3.8) is 0 Å². The molecule has 0 fully saturated rings. The van der Waals surface area contributed by atoms with E-state index >= 15 is 0 Å². The predicted molar refractivity (Wildman–Crippen MR) is 71.3 cm³/mol. The monoisotopic (exact) mass is 231 g/mol. The van der Waals surface area contributed by atoms with Crippen molar-refractivity contribution in [2.75, 3.05) is 0 Å². The van der Waals surface area contributed by atoms with Crippen molar-refractivity contribution in [2.24, 2.45) is 0 Å². The Balaban J connectivity index is 2.89. The lowest BCUT2D eigenvalue weighted by molar-refractivity contribution is 0.426. The van der Waals surface area contributed by atoms with Crippen LogP contribution in [-0.2, 0) is 0 Å². The molecule has 2 N–H and O–H groups in total. The summed E-state index contributed by atoms with van der Waals surface area (Å²) in [5.41, 5.74) is -0.537. The zero-order chi connectivity index (χ0) is 19.7. The van der Waals surface area contributed by atoms with Gasteiger partial charge in [0.1, 0.15) is 0 Å². The molecule has 17 heavy (non-hydrogen) atoms. The van der Waals surface area contributed by atoms with Crippen LogP contribution in [-0.4, -0.2) is 17.2 Å². The van der Waals surface area contributed by atoms with Crippen molar-refractivity contribution in [3.05, 3.63) is 54.4 Å². The first-order valence-corrected chi connectivity index (χ1v) is 4.81. The van der Waals surface area contributed by atoms with Gasteiger partial charge in [-0.1, -0.05) is 54.4 Å². The fraction of sp³-hybridized carbons (Fsp3) is 0. The summed E-state index contributed by atoms with van der Waals surface area (Å²) in [5, 5.41) is 18.2. The van der Waals surface area contributed by atoms with Crippen molar-refractivity contribution in [3.8, 4) is 0 Å². The van der Waals surface area contributed by atoms with Crippen LogP contribution in [0.1, 0.15) is 12.3 Å². The number of hydrogen-bond donors (Lipinski definition) is 2. The molecule has 0 aliphatic rings. The van der Waals surface area contributed by atoms with E-state index in [0.29, 0.717) is 0 Å². The molecule has 0 atom stereocenters. The highest BCUT2D eigenvalue weighted by Gasteiger charge is 2.16. The van der Waals surface area contributed by atoms with Gasteiger partial charge in [0, 0.05) is 0 Å². The largest absolute Gasteiger partial charge is 0.489 e. The predicted octanol–water partition coefficient (Wildman–Crippen LogP) is 1.67. The molecule has 0 amide bonds. The van der Waals surface area contributed by atoms with Gasteiger partial charge in [-0.25, -0.2) is 0 Å². The van der Waals surface area contributed by atoms with Crippen LogP contribution in [0.4, 0.5) is 0 Å². The molecule has 0 saturated carbocycles. The Morgan fingerprint density at radius 1 is 0.824 bits per heavy atom. The summed E-state index contributed by atoms with van der Waals surface area (Å²) >= 11 is 0. The normalized spacial score (nSPS) is 18.4. The minimum absolute atomic E-state index is 0.257. The van der Waals surface area contributed by atoms with Gasteiger partial charge in [0.2, 0.25) is 0 Å². The lowest BCUT2D eigenvalue weighted by Crippen LogP contribution is -2.30. The third kappa shape index (κ3) is 1.60. The van der Waals surface area contributed by atoms with Gasteiger partial charge >= 0.3 is 7.12 Å². The zero-order valence-electron chi connectivity index (χ0n) is 17.5. The molecule has 0 unspecified atom stereocenters. The van der Waals surface area contributed by atoms with E-state index in [9.17, 15) is 10.0 Å². The molecule has 82 valence electrons. The van der Waals surface area contributed by atoms with E-state index < -0.39 is 67.0 Å². The van der Waals surface area contributed by atoms with E-state index in [1.807, 2.05) is 0 Å². The Hall–Kier alpha value is -1.84. The van der Waals surface area contributed by atoms with E-state index in [2.05, 4.69) is 0 Å². The zero-order valence-corrected chi connectivity index (χ0v) is 8.47. The molecule has 0 bridgehead atoms. The Labute approximate surface area is 112 Å². The minimum atomic E-state index is -2.27. The molecule has 0 aliphatic carbocycles. The van der Waals surface area contributed by atoms with E-state index in [1.54, 1.807) is 0 Å². The summed E-state index contributed by atoms with van der Waals surface area (Å²) in [6, 6.07) is -5.52. The molecule has 0 aromatic heterocycles. The van der Waals surface area contributed by atoms with Crippen molar-refractivity contribution in [1.29, 1.82) is 0 Å². The van der Waals surface area contributed by atoms with Crippen LogP contribution in [0.5, 0.6) is 0 Å². The van der Waals surface area contributed by atoms with Gasteiger partial charge in [-0.2, -0.15) is 0 Å². The highest BCUT2D eigenvalue weighted by atomic mass is 16.4. The minimum Gasteiger partial charge on any atom is -0.423 e. The maximum Gasteiger partial charge on any atom is 0.489 e. The first-order chi connectivity index (χ1) is 12.0. The summed E-state index contributed by atoms with van der Waals surface area (Å²) in [6.07, 6.45) is 0. The van der Waals surface area contributed by atoms with Crippen LogP contribution in [0.15, 0.2) is 54.4 Å². The lowest BCUT2D eigenvalue weighted by Gasteiger charge is -2.09. The quantitative estimate of drug-likeness (QED) is 0.494. The summed E-state index contributed by atoms with van der Waals surface area (Å²) in [4.78, 5) is 0. The van der Waals surface area contributed by atoms with Crippen LogP contribution in [0.25, 0.3) is 21.5 Å². The van der Waals surface area contributed by atoms with Gasteiger partial charge in [-0.05, 0) is 27.0 Å². The third-order valence-corrected chi connectivity index (χ3v) is 2.41. The summed E-state index contributed by atoms with van der Waals surface area (Å²) < 4.78 is 71.8. The molecular formula is C14H11BO2. The van der Waals surface area contributed by atoms with Crippen molar-refractivity contribution >= 4 is 34.1 Å². The standard InChI is InChI=1S/C14H11BO2/c16-15(17)14-9-10-5-1-2-6-11(10)12-7-3-4-8-13(12)14/h1-9,16-17H/i1D,2D,3D,4D,5D,6D,7D,8D,9D. The van der Waals surface area contributed by atoms with Crippen LogP contribution in [0, 0.1) is 0 Å². The van der Waals surface area contributed by atoms with Gasteiger partial charge < -0.3 is 10.0 Å². The first kappa shape index (κ1) is 4.44. The Bertz CT molecular complexity index is 1110. The molecule has 2 nitrogen and oxygen atoms in total. The number of rotatable bonds is 1. The summed E-state index contributed by atoms with van der Waals surface area (Å²) in [7, 11) is -2.27. The van der Waals surface area contributed by atoms with Crippen LogP contribution >= 0.6 is 0 Å². The second-order valence-electron chi connectivity index (χ2n) is 3.41. The summed E-state index contributed by atoms with van der Waals surface area (Å²) in [6.45, 7) is 0. The van der Waals surface area contributed by atoms with E-state index in [1.165, 1.54) is 0 Å². The van der Waals surface area contributed by atoms with Crippen molar-refractivity contribution in [2.45, 2.75) is 0 Å². The maximum absolute atomic E-state index is 9.71. The Morgan fingerprint density at radius 2 is 1.41 bits per heavy atom. The van der Waals surface area contributed by atoms with E-state index in [4.69, 9.17) is 12.3 Å².